The molecule has 0 aromatic carbocycles. The molecular weight excluding hydrogens is 390 g/mol. The standard InChI is InChI=1S/C26H43N3.C2H6.CH4/c1-4-26(5-2)14-11-21-19(18-26)6-8-23-22(21)10-13-25(3)20(7-9-24(23)25)12-16-29-17-15-27-28-29;1-2;/h15,17,19-24H,4-14,16,18H2,1-3H3;1-2H3;1H4. The molecule has 0 saturated heterocycles. The van der Waals surface area contributed by atoms with Crippen LogP contribution in [0, 0.1) is 46.3 Å². The van der Waals surface area contributed by atoms with Crippen LogP contribution in [0.25, 0.3) is 0 Å². The second-order valence-corrected chi connectivity index (χ2v) is 11.7. The highest BCUT2D eigenvalue weighted by molar-refractivity contribution is 5.06. The van der Waals surface area contributed by atoms with Gasteiger partial charge in [0.05, 0.1) is 6.20 Å². The number of aromatic nitrogens is 3. The lowest BCUT2D eigenvalue weighted by Crippen LogP contribution is -2.49. The van der Waals surface area contributed by atoms with Crippen molar-refractivity contribution in [2.24, 2.45) is 46.3 Å². The molecule has 184 valence electrons. The van der Waals surface area contributed by atoms with Crippen LogP contribution in [0.5, 0.6) is 0 Å². The van der Waals surface area contributed by atoms with E-state index in [2.05, 4.69) is 31.1 Å². The summed E-state index contributed by atoms with van der Waals surface area (Å²) in [7, 11) is 0. The molecule has 0 bridgehead atoms. The van der Waals surface area contributed by atoms with E-state index in [0.29, 0.717) is 10.8 Å². The molecule has 5 rings (SSSR count). The van der Waals surface area contributed by atoms with E-state index in [1.165, 1.54) is 51.4 Å². The Hall–Kier alpha value is -0.860. The lowest BCUT2D eigenvalue weighted by atomic mass is 9.47. The lowest BCUT2D eigenvalue weighted by Gasteiger charge is -2.58. The highest BCUT2D eigenvalue weighted by atomic mass is 15.4. The molecular formula is C29H53N3. The smallest absolute Gasteiger partial charge is 0.0692 e. The maximum Gasteiger partial charge on any atom is 0.0692 e. The Bertz CT molecular complexity index is 679. The van der Waals surface area contributed by atoms with Crippen LogP contribution in [0.15, 0.2) is 12.4 Å². The minimum Gasteiger partial charge on any atom is -0.253 e. The summed E-state index contributed by atoms with van der Waals surface area (Å²) in [4.78, 5) is 0. The molecule has 0 amide bonds. The van der Waals surface area contributed by atoms with E-state index < -0.39 is 0 Å². The Balaban J connectivity index is 0.000000938. The van der Waals surface area contributed by atoms with E-state index in [-0.39, 0.29) is 7.43 Å². The summed E-state index contributed by atoms with van der Waals surface area (Å²) in [6.45, 7) is 12.7. The van der Waals surface area contributed by atoms with Crippen molar-refractivity contribution < 1.29 is 0 Å². The molecule has 4 aliphatic carbocycles. The van der Waals surface area contributed by atoms with Crippen molar-refractivity contribution in [3.8, 4) is 0 Å². The SMILES string of the molecule is C.CC.CCC1(CC)CCC2C(CCC3C2CCC2(C)C(CCn4ccnn4)CCC32)C1. The van der Waals surface area contributed by atoms with Gasteiger partial charge in [0, 0.05) is 12.7 Å². The second kappa shape index (κ2) is 10.6. The highest BCUT2D eigenvalue weighted by Gasteiger charge is 2.57. The maximum atomic E-state index is 4.21. The van der Waals surface area contributed by atoms with E-state index in [9.17, 15) is 0 Å². The molecule has 3 nitrogen and oxygen atoms in total. The van der Waals surface area contributed by atoms with E-state index in [1.54, 1.807) is 25.7 Å². The molecule has 1 heterocycles. The van der Waals surface area contributed by atoms with Crippen LogP contribution in [0.1, 0.15) is 119 Å². The summed E-state index contributed by atoms with van der Waals surface area (Å²) < 4.78 is 2.04. The van der Waals surface area contributed by atoms with Crippen molar-refractivity contribution in [1.82, 2.24) is 15.0 Å². The fraction of sp³-hybridized carbons (Fsp3) is 0.931. The fourth-order valence-corrected chi connectivity index (χ4v) is 9.18. The van der Waals surface area contributed by atoms with Crippen LogP contribution < -0.4 is 0 Å². The molecule has 4 fully saturated rings. The molecule has 0 N–H and O–H groups in total. The van der Waals surface area contributed by atoms with Gasteiger partial charge in [0.15, 0.2) is 0 Å². The maximum absolute atomic E-state index is 4.21. The molecule has 1 aromatic heterocycles. The Morgan fingerprint density at radius 2 is 1.66 bits per heavy atom. The van der Waals surface area contributed by atoms with Crippen LogP contribution in [0.4, 0.5) is 0 Å². The fourth-order valence-electron chi connectivity index (χ4n) is 9.18. The Kier molecular flexibility index (Phi) is 8.53. The molecule has 0 radical (unpaired) electrons. The second-order valence-electron chi connectivity index (χ2n) is 11.7. The van der Waals surface area contributed by atoms with E-state index >= 15 is 0 Å². The molecule has 0 aliphatic heterocycles. The van der Waals surface area contributed by atoms with Gasteiger partial charge in [-0.1, -0.05) is 60.1 Å². The first kappa shape index (κ1) is 25.8. The van der Waals surface area contributed by atoms with E-state index in [0.717, 1.165) is 42.1 Å². The van der Waals surface area contributed by atoms with Gasteiger partial charge in [-0.25, -0.2) is 0 Å². The first-order chi connectivity index (χ1) is 15.1. The van der Waals surface area contributed by atoms with E-state index in [1.807, 2.05) is 30.9 Å². The minimum absolute atomic E-state index is 0. The molecule has 32 heavy (non-hydrogen) atoms. The van der Waals surface area contributed by atoms with Gasteiger partial charge in [-0.05, 0) is 111 Å². The van der Waals surface area contributed by atoms with Crippen molar-refractivity contribution in [3.63, 3.8) is 0 Å². The predicted molar refractivity (Wildman–Crippen MR) is 136 cm³/mol. The third kappa shape index (κ3) is 4.43. The Labute approximate surface area is 199 Å². The topological polar surface area (TPSA) is 30.7 Å². The average molecular weight is 444 g/mol. The first-order valence-electron chi connectivity index (χ1n) is 13.9. The Morgan fingerprint density at radius 1 is 0.906 bits per heavy atom. The normalized spacial score (nSPS) is 39.5. The number of hydrogen-bond acceptors (Lipinski definition) is 2. The van der Waals surface area contributed by atoms with Gasteiger partial charge >= 0.3 is 0 Å². The van der Waals surface area contributed by atoms with Gasteiger partial charge in [-0.15, -0.1) is 5.10 Å². The van der Waals surface area contributed by atoms with Crippen molar-refractivity contribution in [1.29, 1.82) is 0 Å². The third-order valence-electron chi connectivity index (χ3n) is 11.1. The zero-order chi connectivity index (χ0) is 22.1. The van der Waals surface area contributed by atoms with Crippen LogP contribution in [-0.4, -0.2) is 15.0 Å². The summed E-state index contributed by atoms with van der Waals surface area (Å²) in [5, 5.41) is 8.20. The molecule has 7 atom stereocenters. The van der Waals surface area contributed by atoms with Crippen molar-refractivity contribution >= 4 is 0 Å². The summed E-state index contributed by atoms with van der Waals surface area (Å²) >= 11 is 0. The van der Waals surface area contributed by atoms with Crippen molar-refractivity contribution in [3.05, 3.63) is 12.4 Å². The third-order valence-corrected chi connectivity index (χ3v) is 11.1. The number of aryl methyl sites for hydroxylation is 1. The molecule has 7 unspecified atom stereocenters. The summed E-state index contributed by atoms with van der Waals surface area (Å²) in [5.74, 6) is 6.13. The van der Waals surface area contributed by atoms with Gasteiger partial charge in [0.1, 0.15) is 0 Å². The number of nitrogens with zero attached hydrogens (tertiary/aromatic N) is 3. The van der Waals surface area contributed by atoms with Gasteiger partial charge in [-0.3, -0.25) is 4.68 Å². The quantitative estimate of drug-likeness (QED) is 0.457. The molecule has 4 saturated carbocycles. The molecule has 3 heteroatoms. The molecule has 1 aromatic rings. The average Bonchev–Trinajstić information content (AvgIpc) is 3.45. The van der Waals surface area contributed by atoms with Gasteiger partial charge in [0.25, 0.3) is 0 Å². The van der Waals surface area contributed by atoms with Gasteiger partial charge in [-0.2, -0.15) is 0 Å². The number of rotatable bonds is 5. The van der Waals surface area contributed by atoms with Gasteiger partial charge < -0.3 is 0 Å². The summed E-state index contributed by atoms with van der Waals surface area (Å²) in [6.07, 6.45) is 21.7. The zero-order valence-electron chi connectivity index (χ0n) is 21.2. The van der Waals surface area contributed by atoms with Crippen LogP contribution in [-0.2, 0) is 6.54 Å². The van der Waals surface area contributed by atoms with Crippen LogP contribution in [0.2, 0.25) is 0 Å². The van der Waals surface area contributed by atoms with Gasteiger partial charge in [0.2, 0.25) is 0 Å². The van der Waals surface area contributed by atoms with Crippen molar-refractivity contribution in [2.45, 2.75) is 126 Å². The summed E-state index contributed by atoms with van der Waals surface area (Å²) in [5.41, 5.74) is 1.29. The van der Waals surface area contributed by atoms with Crippen LogP contribution >= 0.6 is 0 Å². The van der Waals surface area contributed by atoms with Crippen molar-refractivity contribution in [2.75, 3.05) is 0 Å². The monoisotopic (exact) mass is 443 g/mol. The predicted octanol–water partition coefficient (Wildman–Crippen LogP) is 8.41. The highest BCUT2D eigenvalue weighted by Crippen LogP contribution is 2.66. The van der Waals surface area contributed by atoms with E-state index in [4.69, 9.17) is 0 Å². The first-order valence-corrected chi connectivity index (χ1v) is 13.9. The minimum atomic E-state index is 0. The van der Waals surface area contributed by atoms with Crippen LogP contribution in [0.3, 0.4) is 0 Å². The lowest BCUT2D eigenvalue weighted by molar-refractivity contribution is -0.0820. The zero-order valence-corrected chi connectivity index (χ0v) is 21.2. The number of hydrogen-bond donors (Lipinski definition) is 0. The molecule has 4 aliphatic rings. The number of fused-ring (bicyclic) bond motifs is 5. The largest absolute Gasteiger partial charge is 0.253 e. The Morgan fingerprint density at radius 3 is 2.34 bits per heavy atom. The molecule has 0 spiro atoms. The summed E-state index contributed by atoms with van der Waals surface area (Å²) in [6, 6.07) is 0.